The van der Waals surface area contributed by atoms with Gasteiger partial charge in [0, 0.05) is 18.3 Å². The van der Waals surface area contributed by atoms with Crippen LogP contribution in [0.25, 0.3) is 0 Å². The van der Waals surface area contributed by atoms with E-state index in [0.717, 1.165) is 6.07 Å². The fraction of sp³-hybridized carbons (Fsp3) is 0.333. The zero-order valence-corrected chi connectivity index (χ0v) is 13.6. The highest BCUT2D eigenvalue weighted by Gasteiger charge is 2.46. The number of pyridine rings is 1. The third-order valence-electron chi connectivity index (χ3n) is 4.47. The number of rotatable bonds is 3. The van der Waals surface area contributed by atoms with Crippen molar-refractivity contribution in [2.45, 2.75) is 37.3 Å². The second-order valence-corrected chi connectivity index (χ2v) is 6.13. The number of amides is 1. The van der Waals surface area contributed by atoms with Crippen molar-refractivity contribution in [3.63, 3.8) is 0 Å². The monoisotopic (exact) mass is 368 g/mol. The van der Waals surface area contributed by atoms with Crippen LogP contribution in [0, 0.1) is 0 Å². The summed E-state index contributed by atoms with van der Waals surface area (Å²) >= 11 is 0. The van der Waals surface area contributed by atoms with Crippen molar-refractivity contribution in [1.82, 2.24) is 10.3 Å². The van der Waals surface area contributed by atoms with Crippen molar-refractivity contribution in [1.29, 1.82) is 0 Å². The number of benzene rings is 1. The minimum Gasteiger partial charge on any atom is -0.387 e. The zero-order chi connectivity index (χ0) is 18.9. The van der Waals surface area contributed by atoms with E-state index in [-0.39, 0.29) is 29.7 Å². The van der Waals surface area contributed by atoms with Crippen molar-refractivity contribution in [3.8, 4) is 0 Å². The van der Waals surface area contributed by atoms with Crippen LogP contribution < -0.4 is 5.32 Å². The van der Waals surface area contributed by atoms with Crippen molar-refractivity contribution in [2.24, 2.45) is 0 Å². The van der Waals surface area contributed by atoms with E-state index in [1.54, 1.807) is 0 Å². The number of aliphatic hydroxyl groups is 1. The Bertz CT molecular complexity index is 825. The number of fused-ring (bicyclic) bond motifs is 1. The molecule has 2 N–H and O–H groups in total. The fourth-order valence-electron chi connectivity index (χ4n) is 3.13. The number of nitrogens with zero attached hydrogens (tertiary/aromatic N) is 1. The van der Waals surface area contributed by atoms with Gasteiger partial charge in [0.25, 0.3) is 5.91 Å². The molecule has 1 heterocycles. The average molecular weight is 368 g/mol. The van der Waals surface area contributed by atoms with Crippen LogP contribution in [0.15, 0.2) is 42.6 Å². The lowest BCUT2D eigenvalue weighted by molar-refractivity contribution is -0.139. The van der Waals surface area contributed by atoms with E-state index in [1.807, 2.05) is 0 Å². The third kappa shape index (κ3) is 3.29. The van der Waals surface area contributed by atoms with Gasteiger partial charge in [-0.1, -0.05) is 24.3 Å². The Kier molecular flexibility index (Phi) is 4.70. The average Bonchev–Trinajstić information content (AvgIpc) is 2.62. The molecule has 1 aliphatic rings. The molecule has 3 rings (SSSR count). The molecule has 0 aliphatic heterocycles. The molecule has 0 spiro atoms. The lowest BCUT2D eigenvalue weighted by atomic mass is 9.81. The Balaban J connectivity index is 1.83. The first-order valence-electron chi connectivity index (χ1n) is 7.99. The van der Waals surface area contributed by atoms with Gasteiger partial charge in [-0.2, -0.15) is 13.2 Å². The van der Waals surface area contributed by atoms with Gasteiger partial charge in [0.2, 0.25) is 5.67 Å². The highest BCUT2D eigenvalue weighted by molar-refractivity contribution is 5.87. The van der Waals surface area contributed by atoms with Crippen molar-refractivity contribution in [2.75, 3.05) is 0 Å². The smallest absolute Gasteiger partial charge is 0.387 e. The molecule has 1 aromatic heterocycles. The Morgan fingerprint density at radius 1 is 1.27 bits per heavy atom. The molecule has 0 saturated carbocycles. The number of halogens is 4. The molecular weight excluding hydrogens is 352 g/mol. The summed E-state index contributed by atoms with van der Waals surface area (Å²) in [6.07, 6.45) is -4.45. The van der Waals surface area contributed by atoms with E-state index in [0.29, 0.717) is 0 Å². The fourth-order valence-corrected chi connectivity index (χ4v) is 3.13. The number of aromatic nitrogens is 1. The maximum Gasteiger partial charge on any atom is 0.416 e. The number of alkyl halides is 4. The molecule has 0 unspecified atom stereocenters. The maximum atomic E-state index is 15.4. The van der Waals surface area contributed by atoms with Crippen molar-refractivity contribution < 1.29 is 27.5 Å². The number of aliphatic hydroxyl groups excluding tert-OH is 1. The first-order chi connectivity index (χ1) is 12.2. The summed E-state index contributed by atoms with van der Waals surface area (Å²) in [5.41, 5.74) is -3.46. The van der Waals surface area contributed by atoms with E-state index < -0.39 is 36.0 Å². The second-order valence-electron chi connectivity index (χ2n) is 6.13. The van der Waals surface area contributed by atoms with E-state index in [9.17, 15) is 23.1 Å². The van der Waals surface area contributed by atoms with Crippen LogP contribution in [0.1, 0.15) is 41.3 Å². The third-order valence-corrected chi connectivity index (χ3v) is 4.47. The molecule has 2 atom stereocenters. The molecule has 26 heavy (non-hydrogen) atoms. The molecule has 138 valence electrons. The number of carbonyl (C=O) groups is 1. The first kappa shape index (κ1) is 18.3. The Morgan fingerprint density at radius 2 is 2.00 bits per heavy atom. The molecule has 0 fully saturated rings. The lowest BCUT2D eigenvalue weighted by Crippen LogP contribution is -2.44. The Morgan fingerprint density at radius 3 is 2.73 bits per heavy atom. The molecule has 0 bridgehead atoms. The van der Waals surface area contributed by atoms with Crippen LogP contribution in [-0.2, 0) is 23.2 Å². The summed E-state index contributed by atoms with van der Waals surface area (Å²) in [5, 5.41) is 12.2. The van der Waals surface area contributed by atoms with Gasteiger partial charge in [0.05, 0.1) is 17.4 Å². The normalized spacial score (nSPS) is 22.6. The summed E-state index contributed by atoms with van der Waals surface area (Å²) in [6.45, 7) is -0.460. The van der Waals surface area contributed by atoms with E-state index in [1.165, 1.54) is 36.5 Å². The van der Waals surface area contributed by atoms with Crippen LogP contribution >= 0.6 is 0 Å². The van der Waals surface area contributed by atoms with Crippen LogP contribution in [0.2, 0.25) is 0 Å². The van der Waals surface area contributed by atoms with Crippen LogP contribution in [0.3, 0.4) is 0 Å². The highest BCUT2D eigenvalue weighted by Crippen LogP contribution is 2.42. The van der Waals surface area contributed by atoms with Crippen LogP contribution in [-0.4, -0.2) is 16.0 Å². The zero-order valence-electron chi connectivity index (χ0n) is 13.6. The summed E-state index contributed by atoms with van der Waals surface area (Å²) in [5.74, 6) is -1.05. The summed E-state index contributed by atoms with van der Waals surface area (Å²) in [7, 11) is 0. The molecule has 1 aliphatic carbocycles. The summed E-state index contributed by atoms with van der Waals surface area (Å²) in [4.78, 5) is 16.4. The second kappa shape index (κ2) is 6.68. The predicted octanol–water partition coefficient (Wildman–Crippen LogP) is 3.41. The van der Waals surface area contributed by atoms with Gasteiger partial charge in [-0.05, 0) is 30.5 Å². The van der Waals surface area contributed by atoms with Gasteiger partial charge in [0.1, 0.15) is 0 Å². The van der Waals surface area contributed by atoms with E-state index >= 15 is 4.39 Å². The SMILES string of the molecule is O=C(NCc1ccccc1C(F)(F)F)[C@]1(F)CC[C@H](O)c2ncccc21. The Hall–Kier alpha value is -2.48. The van der Waals surface area contributed by atoms with Gasteiger partial charge in [-0.25, -0.2) is 4.39 Å². The highest BCUT2D eigenvalue weighted by atomic mass is 19.4. The van der Waals surface area contributed by atoms with Gasteiger partial charge >= 0.3 is 6.18 Å². The summed E-state index contributed by atoms with van der Waals surface area (Å²) < 4.78 is 54.4. The van der Waals surface area contributed by atoms with Crippen LogP contribution in [0.4, 0.5) is 17.6 Å². The number of hydrogen-bond acceptors (Lipinski definition) is 3. The van der Waals surface area contributed by atoms with E-state index in [2.05, 4.69) is 10.3 Å². The maximum absolute atomic E-state index is 15.4. The van der Waals surface area contributed by atoms with Crippen molar-refractivity contribution in [3.05, 3.63) is 65.0 Å². The molecule has 0 radical (unpaired) electrons. The predicted molar refractivity (Wildman–Crippen MR) is 84.5 cm³/mol. The Labute approximate surface area is 146 Å². The molecule has 1 amide bonds. The molecule has 1 aromatic carbocycles. The summed E-state index contributed by atoms with van der Waals surface area (Å²) in [6, 6.07) is 7.59. The molecule has 2 aromatic rings. The van der Waals surface area contributed by atoms with Gasteiger partial charge in [0.15, 0.2) is 0 Å². The minimum atomic E-state index is -4.57. The lowest BCUT2D eigenvalue weighted by Gasteiger charge is -2.32. The molecule has 0 saturated heterocycles. The molecular formula is C18H16F4N2O2. The topological polar surface area (TPSA) is 62.2 Å². The van der Waals surface area contributed by atoms with E-state index in [4.69, 9.17) is 0 Å². The van der Waals surface area contributed by atoms with Gasteiger partial charge in [-0.15, -0.1) is 0 Å². The van der Waals surface area contributed by atoms with Gasteiger partial charge in [-0.3, -0.25) is 9.78 Å². The molecule has 4 nitrogen and oxygen atoms in total. The van der Waals surface area contributed by atoms with Gasteiger partial charge < -0.3 is 10.4 Å². The van der Waals surface area contributed by atoms with Crippen molar-refractivity contribution >= 4 is 5.91 Å². The number of carbonyl (C=O) groups excluding carboxylic acids is 1. The standard InChI is InChI=1S/C18H16F4N2O2/c19-17(8-7-14(25)15-13(17)6-3-9-23-15)16(26)24-10-11-4-1-2-5-12(11)18(20,21)22/h1-6,9,14,25H,7-8,10H2,(H,24,26)/t14-,17-/m0/s1. The van der Waals surface area contributed by atoms with Crippen LogP contribution in [0.5, 0.6) is 0 Å². The molecule has 8 heteroatoms. The minimum absolute atomic E-state index is 0.00687. The quantitative estimate of drug-likeness (QED) is 0.817. The first-order valence-corrected chi connectivity index (χ1v) is 7.99. The largest absolute Gasteiger partial charge is 0.416 e. The number of hydrogen-bond donors (Lipinski definition) is 2. The number of nitrogens with one attached hydrogen (secondary N) is 1.